The molecule has 0 aliphatic carbocycles. The number of hydrogen-bond acceptors (Lipinski definition) is 5. The molecule has 0 bridgehead atoms. The largest absolute Gasteiger partial charge is 0.480 e. The number of nitrogens with zero attached hydrogens (tertiary/aromatic N) is 2. The van der Waals surface area contributed by atoms with Crippen LogP contribution in [0.2, 0.25) is 0 Å². The highest BCUT2D eigenvalue weighted by Gasteiger charge is 2.35. The first kappa shape index (κ1) is 15.2. The molecule has 112 valence electrons. The molecule has 1 heterocycles. The van der Waals surface area contributed by atoms with Gasteiger partial charge in [-0.15, -0.1) is 0 Å². The molecule has 0 saturated heterocycles. The second kappa shape index (κ2) is 6.05. The molecule has 6 heteroatoms. The summed E-state index contributed by atoms with van der Waals surface area (Å²) in [6, 6.07) is 5.76. The Morgan fingerprint density at radius 3 is 2.62 bits per heavy atom. The molecule has 1 aromatic carbocycles. The van der Waals surface area contributed by atoms with Crippen LogP contribution >= 0.6 is 0 Å². The highest BCUT2D eigenvalue weighted by molar-refractivity contribution is 5.38. The SMILES string of the molecule is CCC(O)(c1cccc(F)c1)c1ncc(OC)nc1OC. The molecule has 2 aromatic rings. The highest BCUT2D eigenvalue weighted by Crippen LogP contribution is 2.36. The van der Waals surface area contributed by atoms with Gasteiger partial charge in [0, 0.05) is 0 Å². The third-order valence-electron chi connectivity index (χ3n) is 3.33. The van der Waals surface area contributed by atoms with Crippen molar-refractivity contribution < 1.29 is 19.0 Å². The van der Waals surface area contributed by atoms with Crippen LogP contribution in [0.15, 0.2) is 30.5 Å². The molecule has 0 amide bonds. The zero-order valence-electron chi connectivity index (χ0n) is 12.1. The monoisotopic (exact) mass is 292 g/mol. The summed E-state index contributed by atoms with van der Waals surface area (Å²) in [7, 11) is 2.89. The van der Waals surface area contributed by atoms with Gasteiger partial charge >= 0.3 is 0 Å². The van der Waals surface area contributed by atoms with Gasteiger partial charge in [0.2, 0.25) is 11.8 Å². The Balaban J connectivity index is 2.59. The molecular formula is C15H17FN2O3. The van der Waals surface area contributed by atoms with Crippen molar-refractivity contribution in [1.29, 1.82) is 0 Å². The van der Waals surface area contributed by atoms with Crippen molar-refractivity contribution in [3.05, 3.63) is 47.5 Å². The van der Waals surface area contributed by atoms with Crippen molar-refractivity contribution in [2.24, 2.45) is 0 Å². The number of ether oxygens (including phenoxy) is 2. The Bertz CT molecular complexity index is 636. The molecule has 2 rings (SSSR count). The number of hydrogen-bond donors (Lipinski definition) is 1. The first-order valence-corrected chi connectivity index (χ1v) is 6.49. The van der Waals surface area contributed by atoms with Crippen molar-refractivity contribution >= 4 is 0 Å². The molecule has 0 spiro atoms. The van der Waals surface area contributed by atoms with Crippen LogP contribution in [0.25, 0.3) is 0 Å². The zero-order chi connectivity index (χ0) is 15.5. The van der Waals surface area contributed by atoms with Gasteiger partial charge in [0.15, 0.2) is 0 Å². The lowest BCUT2D eigenvalue weighted by molar-refractivity contribution is 0.0674. The van der Waals surface area contributed by atoms with Crippen LogP contribution in [0, 0.1) is 5.82 Å². The number of rotatable bonds is 5. The van der Waals surface area contributed by atoms with E-state index in [0.717, 1.165) is 0 Å². The average Bonchev–Trinajstić information content (AvgIpc) is 2.53. The quantitative estimate of drug-likeness (QED) is 0.916. The van der Waals surface area contributed by atoms with E-state index in [1.54, 1.807) is 13.0 Å². The van der Waals surface area contributed by atoms with Gasteiger partial charge in [-0.1, -0.05) is 19.1 Å². The first-order chi connectivity index (χ1) is 10.0. The average molecular weight is 292 g/mol. The Morgan fingerprint density at radius 1 is 1.29 bits per heavy atom. The Hall–Kier alpha value is -2.21. The summed E-state index contributed by atoms with van der Waals surface area (Å²) in [5.41, 5.74) is -0.881. The second-order valence-electron chi connectivity index (χ2n) is 4.49. The molecule has 21 heavy (non-hydrogen) atoms. The standard InChI is InChI=1S/C15H17FN2O3/c1-4-15(19,10-6-5-7-11(16)8-10)13-14(21-3)18-12(20-2)9-17-13/h5-9,19H,4H2,1-3H3. The fourth-order valence-electron chi connectivity index (χ4n) is 2.14. The lowest BCUT2D eigenvalue weighted by Gasteiger charge is -2.27. The van der Waals surface area contributed by atoms with Crippen molar-refractivity contribution in [3.63, 3.8) is 0 Å². The Labute approximate surface area is 122 Å². The predicted octanol–water partition coefficient (Wildman–Crippen LogP) is 2.28. The minimum atomic E-state index is -1.49. The smallest absolute Gasteiger partial charge is 0.242 e. The molecule has 0 aliphatic rings. The molecule has 0 saturated carbocycles. The van der Waals surface area contributed by atoms with Crippen LogP contribution in [0.4, 0.5) is 4.39 Å². The van der Waals surface area contributed by atoms with Crippen molar-refractivity contribution in [3.8, 4) is 11.8 Å². The van der Waals surface area contributed by atoms with Crippen LogP contribution < -0.4 is 9.47 Å². The van der Waals surface area contributed by atoms with Crippen molar-refractivity contribution in [2.75, 3.05) is 14.2 Å². The molecular weight excluding hydrogens is 275 g/mol. The maximum Gasteiger partial charge on any atom is 0.242 e. The third kappa shape index (κ3) is 2.80. The van der Waals surface area contributed by atoms with Crippen LogP contribution in [0.3, 0.4) is 0 Å². The Kier molecular flexibility index (Phi) is 4.37. The summed E-state index contributed by atoms with van der Waals surface area (Å²) >= 11 is 0. The van der Waals surface area contributed by atoms with Gasteiger partial charge in [0.05, 0.1) is 20.4 Å². The van der Waals surface area contributed by atoms with Crippen LogP contribution in [0.1, 0.15) is 24.6 Å². The van der Waals surface area contributed by atoms with E-state index in [1.807, 2.05) is 0 Å². The van der Waals surface area contributed by atoms with E-state index in [0.29, 0.717) is 5.56 Å². The van der Waals surface area contributed by atoms with E-state index in [-0.39, 0.29) is 23.9 Å². The molecule has 0 fully saturated rings. The van der Waals surface area contributed by atoms with Crippen LogP contribution in [-0.4, -0.2) is 29.3 Å². The summed E-state index contributed by atoms with van der Waals surface area (Å²) in [5.74, 6) is -0.0175. The summed E-state index contributed by atoms with van der Waals surface area (Å²) in [6.07, 6.45) is 1.67. The predicted molar refractivity (Wildman–Crippen MR) is 74.8 cm³/mol. The first-order valence-electron chi connectivity index (χ1n) is 6.49. The second-order valence-corrected chi connectivity index (χ2v) is 4.49. The fourth-order valence-corrected chi connectivity index (χ4v) is 2.14. The number of aliphatic hydroxyl groups is 1. The number of benzene rings is 1. The van der Waals surface area contributed by atoms with Gasteiger partial charge in [-0.3, -0.25) is 0 Å². The summed E-state index contributed by atoms with van der Waals surface area (Å²) in [6.45, 7) is 1.77. The van der Waals surface area contributed by atoms with E-state index in [9.17, 15) is 9.50 Å². The van der Waals surface area contributed by atoms with E-state index in [4.69, 9.17) is 9.47 Å². The number of halogens is 1. The highest BCUT2D eigenvalue weighted by atomic mass is 19.1. The number of methoxy groups -OCH3 is 2. The molecule has 1 unspecified atom stereocenters. The fraction of sp³-hybridized carbons (Fsp3) is 0.333. The van der Waals surface area contributed by atoms with Gasteiger partial charge in [-0.25, -0.2) is 9.37 Å². The van der Waals surface area contributed by atoms with Crippen molar-refractivity contribution in [1.82, 2.24) is 9.97 Å². The maximum absolute atomic E-state index is 13.5. The van der Waals surface area contributed by atoms with Gasteiger partial charge in [-0.05, 0) is 24.1 Å². The summed E-state index contributed by atoms with van der Waals surface area (Å²) in [5, 5.41) is 11.0. The Morgan fingerprint density at radius 2 is 2.05 bits per heavy atom. The van der Waals surface area contributed by atoms with Gasteiger partial charge in [-0.2, -0.15) is 4.98 Å². The minimum Gasteiger partial charge on any atom is -0.480 e. The topological polar surface area (TPSA) is 64.5 Å². The van der Waals surface area contributed by atoms with Gasteiger partial charge in [0.25, 0.3) is 0 Å². The van der Waals surface area contributed by atoms with Crippen LogP contribution in [-0.2, 0) is 5.60 Å². The summed E-state index contributed by atoms with van der Waals surface area (Å²) in [4.78, 5) is 8.30. The molecule has 1 aromatic heterocycles. The van der Waals surface area contributed by atoms with E-state index < -0.39 is 11.4 Å². The lowest BCUT2D eigenvalue weighted by Crippen LogP contribution is -2.29. The third-order valence-corrected chi connectivity index (χ3v) is 3.33. The molecule has 1 N–H and O–H groups in total. The molecule has 1 atom stereocenters. The van der Waals surface area contributed by atoms with E-state index in [2.05, 4.69) is 9.97 Å². The van der Waals surface area contributed by atoms with E-state index in [1.165, 1.54) is 38.6 Å². The summed E-state index contributed by atoms with van der Waals surface area (Å²) < 4.78 is 23.6. The maximum atomic E-state index is 13.5. The lowest BCUT2D eigenvalue weighted by atomic mass is 9.87. The molecule has 5 nitrogen and oxygen atoms in total. The van der Waals surface area contributed by atoms with Gasteiger partial charge in [0.1, 0.15) is 17.1 Å². The van der Waals surface area contributed by atoms with E-state index >= 15 is 0 Å². The molecule has 0 radical (unpaired) electrons. The van der Waals surface area contributed by atoms with Gasteiger partial charge < -0.3 is 14.6 Å². The van der Waals surface area contributed by atoms with Crippen LogP contribution in [0.5, 0.6) is 11.8 Å². The van der Waals surface area contributed by atoms with Crippen molar-refractivity contribution in [2.45, 2.75) is 18.9 Å². The number of aromatic nitrogens is 2. The minimum absolute atomic E-state index is 0.142. The normalized spacial score (nSPS) is 13.6. The molecule has 0 aliphatic heterocycles. The zero-order valence-corrected chi connectivity index (χ0v) is 12.1.